The minimum atomic E-state index is -0.937. The van der Waals surface area contributed by atoms with Crippen molar-refractivity contribution in [1.29, 1.82) is 0 Å². The number of rotatable bonds is 8. The maximum atomic E-state index is 13.4. The predicted molar refractivity (Wildman–Crippen MR) is 146 cm³/mol. The van der Waals surface area contributed by atoms with Crippen LogP contribution in [0.25, 0.3) is 5.76 Å². The number of esters is 1. The van der Waals surface area contributed by atoms with Crippen LogP contribution >= 0.6 is 11.3 Å². The molecule has 2 heterocycles. The number of carbonyl (C=O) groups excluding carboxylic acids is 3. The highest BCUT2D eigenvalue weighted by atomic mass is 32.1. The van der Waals surface area contributed by atoms with Gasteiger partial charge < -0.3 is 14.6 Å². The zero-order valence-corrected chi connectivity index (χ0v) is 22.8. The average Bonchev–Trinajstić information content (AvgIpc) is 3.40. The van der Waals surface area contributed by atoms with Crippen LogP contribution in [0.5, 0.6) is 5.75 Å². The third-order valence-corrected chi connectivity index (χ3v) is 7.34. The third kappa shape index (κ3) is 5.06. The molecule has 0 aliphatic carbocycles. The number of hydrogen-bond donors (Lipinski definition) is 1. The van der Waals surface area contributed by atoms with Gasteiger partial charge in [0, 0.05) is 5.56 Å². The van der Waals surface area contributed by atoms with Crippen LogP contribution in [0.4, 0.5) is 5.13 Å². The van der Waals surface area contributed by atoms with Crippen LogP contribution in [-0.4, -0.2) is 41.0 Å². The number of hydrogen-bond acceptors (Lipinski definition) is 8. The quantitative estimate of drug-likeness (QED) is 0.172. The van der Waals surface area contributed by atoms with Crippen LogP contribution in [0.1, 0.15) is 63.9 Å². The molecule has 1 aliphatic heterocycles. The van der Waals surface area contributed by atoms with E-state index in [1.165, 1.54) is 4.90 Å². The molecule has 8 nitrogen and oxygen atoms in total. The van der Waals surface area contributed by atoms with Crippen LogP contribution < -0.4 is 9.64 Å². The van der Waals surface area contributed by atoms with Crippen molar-refractivity contribution in [3.63, 3.8) is 0 Å². The molecule has 0 unspecified atom stereocenters. The maximum absolute atomic E-state index is 13.4. The predicted octanol–water partition coefficient (Wildman–Crippen LogP) is 5.66. The first-order valence-electron chi connectivity index (χ1n) is 12.4. The zero-order valence-electron chi connectivity index (χ0n) is 22.0. The van der Waals surface area contributed by atoms with Crippen LogP contribution in [0.2, 0.25) is 0 Å². The van der Waals surface area contributed by atoms with E-state index in [-0.39, 0.29) is 27.9 Å². The third-order valence-electron chi connectivity index (χ3n) is 6.20. The van der Waals surface area contributed by atoms with E-state index in [9.17, 15) is 19.5 Å². The van der Waals surface area contributed by atoms with Crippen molar-refractivity contribution in [3.8, 4) is 5.75 Å². The molecule has 3 aromatic rings. The number of amides is 1. The lowest BCUT2D eigenvalue weighted by atomic mass is 9.94. The van der Waals surface area contributed by atoms with E-state index < -0.39 is 23.7 Å². The summed E-state index contributed by atoms with van der Waals surface area (Å²) in [6.45, 7) is 9.91. The molecular weight excluding hydrogens is 504 g/mol. The van der Waals surface area contributed by atoms with Gasteiger partial charge in [-0.1, -0.05) is 48.1 Å². The van der Waals surface area contributed by atoms with E-state index in [0.29, 0.717) is 29.2 Å². The van der Waals surface area contributed by atoms with Gasteiger partial charge in [0.05, 0.1) is 30.5 Å². The highest BCUT2D eigenvalue weighted by Gasteiger charge is 2.48. The van der Waals surface area contributed by atoms with Gasteiger partial charge in [-0.15, -0.1) is 0 Å². The number of Topliss-reactive ketones (excluding diaryl/α,β-unsaturated/α-hetero) is 1. The Morgan fingerprint density at radius 1 is 1.08 bits per heavy atom. The van der Waals surface area contributed by atoms with Gasteiger partial charge in [-0.05, 0) is 63.4 Å². The van der Waals surface area contributed by atoms with Crippen molar-refractivity contribution >= 4 is 39.9 Å². The molecule has 0 radical (unpaired) electrons. The lowest BCUT2D eigenvalue weighted by molar-refractivity contribution is -0.132. The number of aliphatic hydroxyl groups excluding tert-OH is 1. The number of aliphatic hydroxyl groups is 1. The number of benzene rings is 2. The SMILES string of the molecule is CCCOc1ccc(C(O)=C2C(=O)C(=O)N(c3nc(C)c(C(=O)OCC)s3)[C@@H]2c2ccc(C)cc2)cc1C. The molecule has 38 heavy (non-hydrogen) atoms. The molecule has 1 amide bonds. The Morgan fingerprint density at radius 3 is 2.42 bits per heavy atom. The summed E-state index contributed by atoms with van der Waals surface area (Å²) < 4.78 is 10.9. The Bertz CT molecular complexity index is 1420. The molecule has 9 heteroatoms. The normalized spacial score (nSPS) is 16.7. The fourth-order valence-corrected chi connectivity index (χ4v) is 5.28. The highest BCUT2D eigenvalue weighted by molar-refractivity contribution is 7.17. The Kier molecular flexibility index (Phi) is 7.97. The fourth-order valence-electron chi connectivity index (χ4n) is 4.29. The summed E-state index contributed by atoms with van der Waals surface area (Å²) in [5.74, 6) is -1.81. The summed E-state index contributed by atoms with van der Waals surface area (Å²) in [6.07, 6.45) is 0.856. The van der Waals surface area contributed by atoms with Crippen molar-refractivity contribution < 1.29 is 29.0 Å². The van der Waals surface area contributed by atoms with E-state index in [1.807, 2.05) is 45.0 Å². The summed E-state index contributed by atoms with van der Waals surface area (Å²) >= 11 is 0.980. The number of nitrogens with zero attached hydrogens (tertiary/aromatic N) is 2. The minimum Gasteiger partial charge on any atom is -0.507 e. The second kappa shape index (κ2) is 11.2. The van der Waals surface area contributed by atoms with Gasteiger partial charge >= 0.3 is 11.9 Å². The van der Waals surface area contributed by atoms with E-state index in [0.717, 1.165) is 28.9 Å². The summed E-state index contributed by atoms with van der Waals surface area (Å²) in [5.41, 5.74) is 3.15. The Hall–Kier alpha value is -3.98. The van der Waals surface area contributed by atoms with Crippen molar-refractivity contribution in [1.82, 2.24) is 4.98 Å². The largest absolute Gasteiger partial charge is 0.507 e. The average molecular weight is 535 g/mol. The number of aromatic nitrogens is 1. The fraction of sp³-hybridized carbons (Fsp3) is 0.310. The number of carbonyl (C=O) groups is 3. The summed E-state index contributed by atoms with van der Waals surface area (Å²) in [7, 11) is 0. The van der Waals surface area contributed by atoms with Gasteiger partial charge in [0.15, 0.2) is 5.13 Å². The van der Waals surface area contributed by atoms with Crippen LogP contribution in [0.3, 0.4) is 0 Å². The molecule has 198 valence electrons. The van der Waals surface area contributed by atoms with Crippen molar-refractivity contribution in [2.24, 2.45) is 0 Å². The molecule has 1 N–H and O–H groups in total. The molecule has 0 saturated carbocycles. The number of thiazole rings is 1. The molecule has 1 aliphatic rings. The summed E-state index contributed by atoms with van der Waals surface area (Å²) in [5, 5.41) is 11.6. The Morgan fingerprint density at radius 2 is 1.79 bits per heavy atom. The van der Waals surface area contributed by atoms with Gasteiger partial charge in [-0.25, -0.2) is 9.78 Å². The molecule has 0 bridgehead atoms. The number of anilines is 1. The van der Waals surface area contributed by atoms with Gasteiger partial charge in [0.1, 0.15) is 16.4 Å². The maximum Gasteiger partial charge on any atom is 0.350 e. The van der Waals surface area contributed by atoms with E-state index in [2.05, 4.69) is 4.98 Å². The first kappa shape index (κ1) is 27.1. The lowest BCUT2D eigenvalue weighted by Gasteiger charge is -2.23. The van der Waals surface area contributed by atoms with Crippen LogP contribution in [0.15, 0.2) is 48.0 Å². The van der Waals surface area contributed by atoms with Crippen LogP contribution in [-0.2, 0) is 14.3 Å². The Labute approximate surface area is 225 Å². The van der Waals surface area contributed by atoms with E-state index in [4.69, 9.17) is 9.47 Å². The van der Waals surface area contributed by atoms with Crippen molar-refractivity contribution in [2.45, 2.75) is 47.1 Å². The second-order valence-electron chi connectivity index (χ2n) is 9.04. The number of ketones is 1. The molecule has 1 aromatic heterocycles. The van der Waals surface area contributed by atoms with Crippen molar-refractivity contribution in [3.05, 3.63) is 80.9 Å². The standard InChI is InChI=1S/C29H30N2O6S/c1-6-14-37-21-13-12-20(15-17(21)4)24(32)22-23(19-10-8-16(3)9-11-19)31(27(34)25(22)33)29-30-18(5)26(38-29)28(35)36-7-2/h8-13,15,23,32H,6-7,14H2,1-5H3/t23-/m1/s1. The molecule has 0 spiro atoms. The summed E-state index contributed by atoms with van der Waals surface area (Å²) in [4.78, 5) is 45.2. The minimum absolute atomic E-state index is 0.0500. The molecule has 1 atom stereocenters. The smallest absolute Gasteiger partial charge is 0.350 e. The zero-order chi connectivity index (χ0) is 27.6. The molecule has 4 rings (SSSR count). The van der Waals surface area contributed by atoms with Gasteiger partial charge in [-0.3, -0.25) is 14.5 Å². The monoisotopic (exact) mass is 534 g/mol. The lowest BCUT2D eigenvalue weighted by Crippen LogP contribution is -2.29. The molecule has 1 saturated heterocycles. The van der Waals surface area contributed by atoms with Gasteiger partial charge in [0.2, 0.25) is 0 Å². The second-order valence-corrected chi connectivity index (χ2v) is 10.0. The number of aryl methyl sites for hydroxylation is 3. The van der Waals surface area contributed by atoms with Crippen molar-refractivity contribution in [2.75, 3.05) is 18.1 Å². The van der Waals surface area contributed by atoms with Crippen LogP contribution in [0, 0.1) is 20.8 Å². The van der Waals surface area contributed by atoms with E-state index in [1.54, 1.807) is 32.0 Å². The molecule has 1 fully saturated rings. The summed E-state index contributed by atoms with van der Waals surface area (Å²) in [6, 6.07) is 11.6. The molecular formula is C29H30N2O6S. The van der Waals surface area contributed by atoms with E-state index >= 15 is 0 Å². The first-order chi connectivity index (χ1) is 18.2. The van der Waals surface area contributed by atoms with Gasteiger partial charge in [-0.2, -0.15) is 0 Å². The topological polar surface area (TPSA) is 106 Å². The number of ether oxygens (including phenoxy) is 2. The Balaban J connectivity index is 1.86. The first-order valence-corrected chi connectivity index (χ1v) is 13.2. The highest BCUT2D eigenvalue weighted by Crippen LogP contribution is 2.44. The van der Waals surface area contributed by atoms with Gasteiger partial charge in [0.25, 0.3) is 5.78 Å². The molecule has 2 aromatic carbocycles.